The van der Waals surface area contributed by atoms with Crippen LogP contribution in [0.5, 0.6) is 11.5 Å². The molecule has 4 heteroatoms. The van der Waals surface area contributed by atoms with Crippen molar-refractivity contribution in [2.75, 3.05) is 0 Å². The Morgan fingerprint density at radius 3 is 2.12 bits per heavy atom. The molecule has 17 heavy (non-hydrogen) atoms. The summed E-state index contributed by atoms with van der Waals surface area (Å²) >= 11 is 0. The first-order chi connectivity index (χ1) is 8.15. The van der Waals surface area contributed by atoms with Crippen LogP contribution in [-0.4, -0.2) is 9.97 Å². The molecule has 0 atom stereocenters. The van der Waals surface area contributed by atoms with Gasteiger partial charge in [0.2, 0.25) is 0 Å². The van der Waals surface area contributed by atoms with E-state index in [1.54, 1.807) is 24.5 Å². The monoisotopic (exact) mass is 232 g/mol. The summed E-state index contributed by atoms with van der Waals surface area (Å²) in [7, 11) is 0. The summed E-state index contributed by atoms with van der Waals surface area (Å²) in [4.78, 5) is 8.36. The number of halogens is 1. The lowest BCUT2D eigenvalue weighted by molar-refractivity contribution is 0.473. The van der Waals surface area contributed by atoms with Crippen molar-refractivity contribution in [3.63, 3.8) is 0 Å². The Morgan fingerprint density at radius 1 is 1.00 bits per heavy atom. The number of rotatable bonds is 3. The SMILES string of the molecule is CC(C)c1ncc(Oc2ccc(F)cc2)cn1. The highest BCUT2D eigenvalue weighted by Crippen LogP contribution is 2.20. The number of aromatic nitrogens is 2. The standard InChI is InChI=1S/C13H13FN2O/c1-9(2)13-15-7-12(8-16-13)17-11-5-3-10(14)4-6-11/h3-9H,1-2H3. The zero-order chi connectivity index (χ0) is 12.3. The quantitative estimate of drug-likeness (QED) is 0.812. The van der Waals surface area contributed by atoms with Crippen molar-refractivity contribution in [2.24, 2.45) is 0 Å². The summed E-state index contributed by atoms with van der Waals surface area (Å²) in [6.45, 7) is 4.05. The number of nitrogens with zero attached hydrogens (tertiary/aromatic N) is 2. The molecule has 88 valence electrons. The van der Waals surface area contributed by atoms with Crippen molar-refractivity contribution in [3.8, 4) is 11.5 Å². The second-order valence-corrected chi connectivity index (χ2v) is 3.99. The number of hydrogen-bond donors (Lipinski definition) is 0. The molecule has 0 unspecified atom stereocenters. The fraction of sp³-hybridized carbons (Fsp3) is 0.231. The minimum Gasteiger partial charge on any atom is -0.454 e. The topological polar surface area (TPSA) is 35.0 Å². The van der Waals surface area contributed by atoms with Crippen molar-refractivity contribution in [3.05, 3.63) is 48.3 Å². The first-order valence-corrected chi connectivity index (χ1v) is 5.40. The fourth-order valence-electron chi connectivity index (χ4n) is 1.32. The van der Waals surface area contributed by atoms with Gasteiger partial charge in [0.1, 0.15) is 17.4 Å². The Morgan fingerprint density at radius 2 is 1.59 bits per heavy atom. The average Bonchev–Trinajstić information content (AvgIpc) is 2.33. The van der Waals surface area contributed by atoms with Crippen LogP contribution >= 0.6 is 0 Å². The second-order valence-electron chi connectivity index (χ2n) is 3.99. The van der Waals surface area contributed by atoms with Gasteiger partial charge in [0, 0.05) is 5.92 Å². The van der Waals surface area contributed by atoms with Crippen LogP contribution in [0.4, 0.5) is 4.39 Å². The van der Waals surface area contributed by atoms with Crippen LogP contribution in [0.1, 0.15) is 25.6 Å². The summed E-state index contributed by atoms with van der Waals surface area (Å²) in [5.74, 6) is 1.88. The van der Waals surface area contributed by atoms with Crippen LogP contribution in [0.15, 0.2) is 36.7 Å². The van der Waals surface area contributed by atoms with Gasteiger partial charge in [-0.3, -0.25) is 0 Å². The lowest BCUT2D eigenvalue weighted by atomic mass is 10.2. The van der Waals surface area contributed by atoms with E-state index >= 15 is 0 Å². The van der Waals surface area contributed by atoms with Gasteiger partial charge in [-0.1, -0.05) is 13.8 Å². The van der Waals surface area contributed by atoms with E-state index in [-0.39, 0.29) is 11.7 Å². The summed E-state index contributed by atoms with van der Waals surface area (Å²) < 4.78 is 18.2. The van der Waals surface area contributed by atoms with Crippen molar-refractivity contribution >= 4 is 0 Å². The van der Waals surface area contributed by atoms with Crippen molar-refractivity contribution in [2.45, 2.75) is 19.8 Å². The third kappa shape index (κ3) is 3.00. The van der Waals surface area contributed by atoms with E-state index in [2.05, 4.69) is 9.97 Å². The van der Waals surface area contributed by atoms with Crippen molar-refractivity contribution in [1.82, 2.24) is 9.97 Å². The predicted octanol–water partition coefficient (Wildman–Crippen LogP) is 3.53. The molecular weight excluding hydrogens is 219 g/mol. The smallest absolute Gasteiger partial charge is 0.164 e. The zero-order valence-electron chi connectivity index (χ0n) is 9.72. The lowest BCUT2D eigenvalue weighted by Crippen LogP contribution is -1.96. The van der Waals surface area contributed by atoms with E-state index in [4.69, 9.17) is 4.74 Å². The molecule has 0 spiro atoms. The molecule has 3 nitrogen and oxygen atoms in total. The van der Waals surface area contributed by atoms with Gasteiger partial charge in [0.25, 0.3) is 0 Å². The van der Waals surface area contributed by atoms with Crippen molar-refractivity contribution in [1.29, 1.82) is 0 Å². The third-order valence-electron chi connectivity index (χ3n) is 2.21. The highest BCUT2D eigenvalue weighted by Gasteiger charge is 2.03. The molecule has 0 radical (unpaired) electrons. The number of ether oxygens (including phenoxy) is 1. The highest BCUT2D eigenvalue weighted by molar-refractivity contribution is 5.28. The lowest BCUT2D eigenvalue weighted by Gasteiger charge is -2.06. The van der Waals surface area contributed by atoms with Crippen LogP contribution in [-0.2, 0) is 0 Å². The first kappa shape index (κ1) is 11.5. The Bertz CT molecular complexity index is 480. The maximum absolute atomic E-state index is 12.7. The maximum atomic E-state index is 12.7. The molecule has 0 bridgehead atoms. The normalized spacial score (nSPS) is 10.6. The van der Waals surface area contributed by atoms with Gasteiger partial charge in [-0.15, -0.1) is 0 Å². The van der Waals surface area contributed by atoms with Gasteiger partial charge < -0.3 is 4.74 Å². The van der Waals surface area contributed by atoms with E-state index in [0.29, 0.717) is 11.5 Å². The van der Waals surface area contributed by atoms with Crippen LogP contribution in [0.3, 0.4) is 0 Å². The molecule has 0 saturated carbocycles. The fourth-order valence-corrected chi connectivity index (χ4v) is 1.32. The molecule has 0 amide bonds. The third-order valence-corrected chi connectivity index (χ3v) is 2.21. The van der Waals surface area contributed by atoms with E-state index in [1.165, 1.54) is 12.1 Å². The predicted molar refractivity (Wildman–Crippen MR) is 62.6 cm³/mol. The van der Waals surface area contributed by atoms with E-state index in [9.17, 15) is 4.39 Å². The van der Waals surface area contributed by atoms with Crippen molar-refractivity contribution < 1.29 is 9.13 Å². The Kier molecular flexibility index (Phi) is 3.32. The summed E-state index contributed by atoms with van der Waals surface area (Å²) in [6.07, 6.45) is 3.23. The summed E-state index contributed by atoms with van der Waals surface area (Å²) in [6, 6.07) is 5.81. The molecule has 0 N–H and O–H groups in total. The molecule has 1 heterocycles. The van der Waals surface area contributed by atoms with Crippen LogP contribution in [0.25, 0.3) is 0 Å². The molecule has 1 aromatic heterocycles. The zero-order valence-corrected chi connectivity index (χ0v) is 9.72. The highest BCUT2D eigenvalue weighted by atomic mass is 19.1. The Hall–Kier alpha value is -1.97. The molecule has 0 aliphatic heterocycles. The van der Waals surface area contributed by atoms with Crippen LogP contribution < -0.4 is 4.74 Å². The average molecular weight is 232 g/mol. The molecule has 2 aromatic rings. The largest absolute Gasteiger partial charge is 0.454 e. The van der Waals surface area contributed by atoms with E-state index in [0.717, 1.165) is 5.82 Å². The molecule has 0 fully saturated rings. The molecule has 2 rings (SSSR count). The molecular formula is C13H13FN2O. The van der Waals surface area contributed by atoms with Gasteiger partial charge in [-0.2, -0.15) is 0 Å². The molecule has 0 aliphatic carbocycles. The molecule has 1 aromatic carbocycles. The summed E-state index contributed by atoms with van der Waals surface area (Å²) in [5, 5.41) is 0. The minimum atomic E-state index is -0.288. The van der Waals surface area contributed by atoms with E-state index in [1.807, 2.05) is 13.8 Å². The maximum Gasteiger partial charge on any atom is 0.164 e. The van der Waals surface area contributed by atoms with Gasteiger partial charge in [0.05, 0.1) is 12.4 Å². The van der Waals surface area contributed by atoms with Gasteiger partial charge >= 0.3 is 0 Å². The van der Waals surface area contributed by atoms with Gasteiger partial charge in [-0.25, -0.2) is 14.4 Å². The minimum absolute atomic E-state index is 0.287. The molecule has 0 saturated heterocycles. The molecule has 0 aliphatic rings. The Balaban J connectivity index is 2.11. The number of hydrogen-bond acceptors (Lipinski definition) is 3. The van der Waals surface area contributed by atoms with Crippen LogP contribution in [0.2, 0.25) is 0 Å². The first-order valence-electron chi connectivity index (χ1n) is 5.40. The van der Waals surface area contributed by atoms with Gasteiger partial charge in [0.15, 0.2) is 5.75 Å². The van der Waals surface area contributed by atoms with Gasteiger partial charge in [-0.05, 0) is 24.3 Å². The summed E-state index contributed by atoms with van der Waals surface area (Å²) in [5.41, 5.74) is 0. The van der Waals surface area contributed by atoms with Crippen LogP contribution in [0, 0.1) is 5.82 Å². The number of benzene rings is 1. The Labute approximate surface area is 99.3 Å². The second kappa shape index (κ2) is 4.91. The van der Waals surface area contributed by atoms with E-state index < -0.39 is 0 Å².